The standard InChI is InChI=1S/C9H21NO3Si/c1-9(12)10(7-11)8-13-5-6-14(2,3)4/h7,9,12H,5-6,8H2,1-4H3. The molecule has 1 unspecified atom stereocenters. The third-order valence-electron chi connectivity index (χ3n) is 1.85. The molecule has 0 saturated carbocycles. The molecule has 0 aromatic heterocycles. The molecule has 5 heteroatoms. The molecule has 1 amide bonds. The minimum atomic E-state index is -1.06. The highest BCUT2D eigenvalue weighted by atomic mass is 28.3. The van der Waals surface area contributed by atoms with Gasteiger partial charge in [-0.3, -0.25) is 9.69 Å². The molecule has 0 bridgehead atoms. The third kappa shape index (κ3) is 7.05. The predicted molar refractivity (Wildman–Crippen MR) is 58.6 cm³/mol. The highest BCUT2D eigenvalue weighted by Gasteiger charge is 2.13. The van der Waals surface area contributed by atoms with Gasteiger partial charge in [0, 0.05) is 14.7 Å². The molecule has 0 aliphatic rings. The number of nitrogens with zero attached hydrogens (tertiary/aromatic N) is 1. The summed E-state index contributed by atoms with van der Waals surface area (Å²) in [5.41, 5.74) is 0. The smallest absolute Gasteiger partial charge is 0.213 e. The fourth-order valence-electron chi connectivity index (χ4n) is 0.775. The third-order valence-corrected chi connectivity index (χ3v) is 3.56. The van der Waals surface area contributed by atoms with Crippen LogP contribution >= 0.6 is 0 Å². The van der Waals surface area contributed by atoms with Gasteiger partial charge in [0.1, 0.15) is 13.0 Å². The van der Waals surface area contributed by atoms with Gasteiger partial charge in [0.2, 0.25) is 6.41 Å². The Morgan fingerprint density at radius 2 is 2.07 bits per heavy atom. The van der Waals surface area contributed by atoms with E-state index in [0.29, 0.717) is 13.0 Å². The van der Waals surface area contributed by atoms with E-state index in [0.717, 1.165) is 6.04 Å². The van der Waals surface area contributed by atoms with Crippen molar-refractivity contribution >= 4 is 14.5 Å². The number of hydrogen-bond donors (Lipinski definition) is 1. The van der Waals surface area contributed by atoms with Gasteiger partial charge in [0.25, 0.3) is 0 Å². The molecule has 0 heterocycles. The van der Waals surface area contributed by atoms with E-state index in [-0.39, 0.29) is 6.73 Å². The first kappa shape index (κ1) is 13.6. The van der Waals surface area contributed by atoms with Crippen molar-refractivity contribution in [3.63, 3.8) is 0 Å². The number of aliphatic hydroxyl groups is 1. The van der Waals surface area contributed by atoms with E-state index in [2.05, 4.69) is 19.6 Å². The van der Waals surface area contributed by atoms with Gasteiger partial charge in [-0.1, -0.05) is 19.6 Å². The molecule has 0 aromatic carbocycles. The van der Waals surface area contributed by atoms with Crippen LogP contribution in [-0.4, -0.2) is 44.1 Å². The monoisotopic (exact) mass is 219 g/mol. The van der Waals surface area contributed by atoms with E-state index in [1.54, 1.807) is 0 Å². The summed E-state index contributed by atoms with van der Waals surface area (Å²) in [6, 6.07) is 1.07. The molecule has 0 radical (unpaired) electrons. The summed E-state index contributed by atoms with van der Waals surface area (Å²) in [6.07, 6.45) is -0.182. The first-order valence-electron chi connectivity index (χ1n) is 4.83. The maximum atomic E-state index is 10.4. The molecule has 0 saturated heterocycles. The van der Waals surface area contributed by atoms with Crippen molar-refractivity contribution in [2.24, 2.45) is 0 Å². The van der Waals surface area contributed by atoms with Crippen LogP contribution in [0.5, 0.6) is 0 Å². The second-order valence-electron chi connectivity index (χ2n) is 4.60. The molecular weight excluding hydrogens is 198 g/mol. The highest BCUT2D eigenvalue weighted by molar-refractivity contribution is 6.76. The van der Waals surface area contributed by atoms with Gasteiger partial charge in [-0.05, 0) is 13.0 Å². The maximum Gasteiger partial charge on any atom is 0.213 e. The van der Waals surface area contributed by atoms with Crippen LogP contribution in [-0.2, 0) is 9.53 Å². The van der Waals surface area contributed by atoms with Crippen molar-refractivity contribution in [3.05, 3.63) is 0 Å². The Bertz CT molecular complexity index is 168. The van der Waals surface area contributed by atoms with Crippen molar-refractivity contribution in [3.8, 4) is 0 Å². The van der Waals surface area contributed by atoms with E-state index in [1.165, 1.54) is 11.8 Å². The summed E-state index contributed by atoms with van der Waals surface area (Å²) in [7, 11) is -1.06. The normalized spacial score (nSPS) is 13.8. The van der Waals surface area contributed by atoms with Gasteiger partial charge >= 0.3 is 0 Å². The van der Waals surface area contributed by atoms with Crippen molar-refractivity contribution in [2.75, 3.05) is 13.3 Å². The Labute approximate surface area is 86.9 Å². The Balaban J connectivity index is 3.57. The van der Waals surface area contributed by atoms with E-state index in [4.69, 9.17) is 9.84 Å². The molecule has 0 aliphatic heterocycles. The number of hydrogen-bond acceptors (Lipinski definition) is 3. The Hall–Kier alpha value is -0.393. The minimum Gasteiger partial charge on any atom is -0.374 e. The molecule has 0 aliphatic carbocycles. The number of ether oxygens (including phenoxy) is 1. The average Bonchev–Trinajstić information content (AvgIpc) is 2.01. The minimum absolute atomic E-state index is 0.172. The van der Waals surface area contributed by atoms with E-state index in [9.17, 15) is 4.79 Å². The SMILES string of the molecule is CC(O)N(C=O)COCC[Si](C)(C)C. The van der Waals surface area contributed by atoms with Crippen LogP contribution in [0.1, 0.15) is 6.92 Å². The average molecular weight is 219 g/mol. The summed E-state index contributed by atoms with van der Waals surface area (Å²) in [6.45, 7) is 9.17. The number of amides is 1. The molecule has 0 fully saturated rings. The first-order chi connectivity index (χ1) is 6.37. The largest absolute Gasteiger partial charge is 0.374 e. The number of aliphatic hydroxyl groups excluding tert-OH is 1. The van der Waals surface area contributed by atoms with Crippen LogP contribution < -0.4 is 0 Å². The van der Waals surface area contributed by atoms with Gasteiger partial charge in [0.15, 0.2) is 0 Å². The molecule has 0 rings (SSSR count). The summed E-state index contributed by atoms with van der Waals surface area (Å²) in [4.78, 5) is 11.6. The van der Waals surface area contributed by atoms with Crippen LogP contribution in [0.2, 0.25) is 25.7 Å². The first-order valence-corrected chi connectivity index (χ1v) is 8.54. The highest BCUT2D eigenvalue weighted by Crippen LogP contribution is 2.07. The topological polar surface area (TPSA) is 49.8 Å². The Morgan fingerprint density at radius 3 is 2.43 bits per heavy atom. The zero-order valence-electron chi connectivity index (χ0n) is 9.49. The van der Waals surface area contributed by atoms with Crippen LogP contribution in [0.4, 0.5) is 0 Å². The summed E-state index contributed by atoms with van der Waals surface area (Å²) >= 11 is 0. The molecular formula is C9H21NO3Si. The Morgan fingerprint density at radius 1 is 1.50 bits per heavy atom. The lowest BCUT2D eigenvalue weighted by molar-refractivity contribution is -0.135. The van der Waals surface area contributed by atoms with E-state index < -0.39 is 14.3 Å². The molecule has 0 spiro atoms. The second-order valence-corrected chi connectivity index (χ2v) is 10.2. The van der Waals surface area contributed by atoms with Gasteiger partial charge in [0.05, 0.1) is 0 Å². The fourth-order valence-corrected chi connectivity index (χ4v) is 1.53. The molecule has 1 atom stereocenters. The summed E-state index contributed by atoms with van der Waals surface area (Å²) in [5, 5.41) is 9.09. The fraction of sp³-hybridized carbons (Fsp3) is 0.889. The van der Waals surface area contributed by atoms with E-state index in [1.807, 2.05) is 0 Å². The van der Waals surface area contributed by atoms with Crippen molar-refractivity contribution in [2.45, 2.75) is 38.8 Å². The summed E-state index contributed by atoms with van der Waals surface area (Å²) in [5.74, 6) is 0. The quantitative estimate of drug-likeness (QED) is 0.302. The second kappa shape index (κ2) is 6.16. The van der Waals surface area contributed by atoms with Crippen LogP contribution in [0.3, 0.4) is 0 Å². The molecule has 84 valence electrons. The van der Waals surface area contributed by atoms with Gasteiger partial charge < -0.3 is 9.84 Å². The van der Waals surface area contributed by atoms with E-state index >= 15 is 0 Å². The zero-order chi connectivity index (χ0) is 11.2. The van der Waals surface area contributed by atoms with Crippen molar-refractivity contribution in [1.29, 1.82) is 0 Å². The lowest BCUT2D eigenvalue weighted by Crippen LogP contribution is -2.34. The molecule has 1 N–H and O–H groups in total. The van der Waals surface area contributed by atoms with Crippen molar-refractivity contribution < 1.29 is 14.6 Å². The zero-order valence-corrected chi connectivity index (χ0v) is 10.5. The van der Waals surface area contributed by atoms with Gasteiger partial charge in [-0.25, -0.2) is 0 Å². The number of rotatable bonds is 7. The van der Waals surface area contributed by atoms with Crippen molar-refractivity contribution in [1.82, 2.24) is 4.90 Å². The molecule has 14 heavy (non-hydrogen) atoms. The maximum absolute atomic E-state index is 10.4. The predicted octanol–water partition coefficient (Wildman–Crippen LogP) is 1.10. The summed E-state index contributed by atoms with van der Waals surface area (Å²) < 4.78 is 5.29. The number of carbonyl (C=O) groups excluding carboxylic acids is 1. The number of carbonyl (C=O) groups is 1. The lowest BCUT2D eigenvalue weighted by Gasteiger charge is -2.21. The van der Waals surface area contributed by atoms with Gasteiger partial charge in [-0.15, -0.1) is 0 Å². The van der Waals surface area contributed by atoms with Gasteiger partial charge in [-0.2, -0.15) is 0 Å². The molecule has 4 nitrogen and oxygen atoms in total. The Kier molecular flexibility index (Phi) is 5.99. The van der Waals surface area contributed by atoms with Crippen LogP contribution in [0.25, 0.3) is 0 Å². The lowest BCUT2D eigenvalue weighted by atomic mass is 10.6. The van der Waals surface area contributed by atoms with Crippen LogP contribution in [0, 0.1) is 0 Å². The van der Waals surface area contributed by atoms with Crippen LogP contribution in [0.15, 0.2) is 0 Å². The molecule has 0 aromatic rings.